The first-order valence-electron chi connectivity index (χ1n) is 6.66. The Bertz CT molecular complexity index is 539. The molecule has 1 aliphatic carbocycles. The van der Waals surface area contributed by atoms with Gasteiger partial charge in [0.1, 0.15) is 5.67 Å². The molecule has 0 spiro atoms. The molecule has 4 heteroatoms. The van der Waals surface area contributed by atoms with E-state index in [4.69, 9.17) is 5.11 Å². The minimum absolute atomic E-state index is 0.208. The molecule has 0 radical (unpaired) electrons. The molecule has 2 unspecified atom stereocenters. The maximum Gasteiger partial charge on any atom is 0.405 e. The van der Waals surface area contributed by atoms with Crippen LogP contribution >= 0.6 is 0 Å². The first-order chi connectivity index (χ1) is 9.52. The zero-order chi connectivity index (χ0) is 14.6. The minimum Gasteiger partial charge on any atom is -0.465 e. The van der Waals surface area contributed by atoms with Crippen molar-refractivity contribution in [2.24, 2.45) is 0 Å². The van der Waals surface area contributed by atoms with Crippen molar-refractivity contribution >= 4 is 12.2 Å². The fourth-order valence-electron chi connectivity index (χ4n) is 2.32. The van der Waals surface area contributed by atoms with Crippen molar-refractivity contribution in [2.75, 3.05) is 0 Å². The fraction of sp³-hybridized carbons (Fsp3) is 0.312. The highest BCUT2D eigenvalue weighted by atomic mass is 19.1. The van der Waals surface area contributed by atoms with Crippen molar-refractivity contribution in [1.29, 1.82) is 0 Å². The Labute approximate surface area is 117 Å². The average molecular weight is 275 g/mol. The lowest BCUT2D eigenvalue weighted by atomic mass is 9.83. The number of hydrogen-bond donors (Lipinski definition) is 2. The molecule has 0 bridgehead atoms. The van der Waals surface area contributed by atoms with Crippen LogP contribution in [0.15, 0.2) is 48.1 Å². The second kappa shape index (κ2) is 5.90. The van der Waals surface area contributed by atoms with E-state index in [-0.39, 0.29) is 6.42 Å². The quantitative estimate of drug-likeness (QED) is 0.825. The van der Waals surface area contributed by atoms with E-state index in [1.165, 1.54) is 6.08 Å². The number of halogens is 1. The summed E-state index contributed by atoms with van der Waals surface area (Å²) in [7, 11) is 0. The molecule has 1 aromatic rings. The zero-order valence-corrected chi connectivity index (χ0v) is 11.3. The van der Waals surface area contributed by atoms with Crippen LogP contribution in [0.1, 0.15) is 25.3 Å². The van der Waals surface area contributed by atoms with Gasteiger partial charge in [-0.3, -0.25) is 0 Å². The summed E-state index contributed by atoms with van der Waals surface area (Å²) in [4.78, 5) is 10.8. The van der Waals surface area contributed by atoms with E-state index in [2.05, 4.69) is 5.32 Å². The van der Waals surface area contributed by atoms with Gasteiger partial charge in [-0.1, -0.05) is 49.4 Å². The van der Waals surface area contributed by atoms with E-state index >= 15 is 0 Å². The summed E-state index contributed by atoms with van der Waals surface area (Å²) >= 11 is 0. The second-order valence-corrected chi connectivity index (χ2v) is 4.98. The van der Waals surface area contributed by atoms with Crippen LogP contribution < -0.4 is 5.32 Å². The number of nitrogens with one attached hydrogen (secondary N) is 1. The molecular formula is C16H18FNO2. The summed E-state index contributed by atoms with van der Waals surface area (Å²) in [6.07, 6.45) is 4.39. The van der Waals surface area contributed by atoms with Crippen molar-refractivity contribution in [3.8, 4) is 0 Å². The van der Waals surface area contributed by atoms with Crippen molar-refractivity contribution in [3.63, 3.8) is 0 Å². The van der Waals surface area contributed by atoms with Crippen LogP contribution in [0.25, 0.3) is 6.08 Å². The molecule has 0 saturated heterocycles. The molecular weight excluding hydrogens is 257 g/mol. The van der Waals surface area contributed by atoms with Gasteiger partial charge in [-0.05, 0) is 23.6 Å². The standard InChI is InChI=1S/C16H18FNO2/c1-2-16(17)9-8-14(18-15(19)20)13(11-16)10-12-6-4-3-5-7-12/h3-10,14,18H,2,11H2,1H3,(H,19,20). The predicted molar refractivity (Wildman–Crippen MR) is 77.3 cm³/mol. The smallest absolute Gasteiger partial charge is 0.405 e. The Hall–Kier alpha value is -2.10. The highest BCUT2D eigenvalue weighted by molar-refractivity contribution is 5.67. The number of alkyl halides is 1. The normalized spacial score (nSPS) is 27.5. The largest absolute Gasteiger partial charge is 0.465 e. The van der Waals surface area contributed by atoms with Crippen molar-refractivity contribution in [2.45, 2.75) is 31.5 Å². The highest BCUT2D eigenvalue weighted by Crippen LogP contribution is 2.33. The molecule has 0 heterocycles. The maximum absolute atomic E-state index is 14.5. The summed E-state index contributed by atoms with van der Waals surface area (Å²) < 4.78 is 14.5. The monoisotopic (exact) mass is 275 g/mol. The molecule has 2 rings (SSSR count). The first kappa shape index (κ1) is 14.3. The molecule has 1 aromatic carbocycles. The summed E-state index contributed by atoms with van der Waals surface area (Å²) in [5.41, 5.74) is 0.288. The highest BCUT2D eigenvalue weighted by Gasteiger charge is 2.32. The lowest BCUT2D eigenvalue weighted by Gasteiger charge is -2.30. The Morgan fingerprint density at radius 1 is 1.50 bits per heavy atom. The Morgan fingerprint density at radius 2 is 2.20 bits per heavy atom. The number of benzene rings is 1. The average Bonchev–Trinajstić information content (AvgIpc) is 2.43. The van der Waals surface area contributed by atoms with Crippen LogP contribution in [0.4, 0.5) is 9.18 Å². The topological polar surface area (TPSA) is 49.3 Å². The molecule has 2 N–H and O–H groups in total. The fourth-order valence-corrected chi connectivity index (χ4v) is 2.32. The van der Waals surface area contributed by atoms with Gasteiger partial charge in [-0.25, -0.2) is 9.18 Å². The molecule has 0 fully saturated rings. The van der Waals surface area contributed by atoms with Crippen LogP contribution in [0.3, 0.4) is 0 Å². The molecule has 0 aliphatic heterocycles. The Kier molecular flexibility index (Phi) is 4.23. The Morgan fingerprint density at radius 3 is 2.80 bits per heavy atom. The molecule has 106 valence electrons. The third-order valence-corrected chi connectivity index (χ3v) is 3.50. The third-order valence-electron chi connectivity index (χ3n) is 3.50. The number of carbonyl (C=O) groups is 1. The first-order valence-corrected chi connectivity index (χ1v) is 6.66. The lowest BCUT2D eigenvalue weighted by Crippen LogP contribution is -2.39. The number of rotatable bonds is 3. The third kappa shape index (κ3) is 3.47. The van der Waals surface area contributed by atoms with E-state index in [9.17, 15) is 9.18 Å². The van der Waals surface area contributed by atoms with Crippen LogP contribution in [0, 0.1) is 0 Å². The molecule has 20 heavy (non-hydrogen) atoms. The van der Waals surface area contributed by atoms with E-state index in [1.54, 1.807) is 13.0 Å². The summed E-state index contributed by atoms with van der Waals surface area (Å²) in [6.45, 7) is 1.79. The van der Waals surface area contributed by atoms with Crippen molar-refractivity contribution < 1.29 is 14.3 Å². The van der Waals surface area contributed by atoms with Gasteiger partial charge in [-0.15, -0.1) is 0 Å². The number of carboxylic acid groups (broad SMARTS) is 1. The molecule has 2 atom stereocenters. The van der Waals surface area contributed by atoms with Crippen LogP contribution in [-0.2, 0) is 0 Å². The molecule has 0 saturated carbocycles. The van der Waals surface area contributed by atoms with Crippen molar-refractivity contribution in [1.82, 2.24) is 5.32 Å². The summed E-state index contributed by atoms with van der Waals surface area (Å²) in [5.74, 6) is 0. The van der Waals surface area contributed by atoms with Gasteiger partial charge in [-0.2, -0.15) is 0 Å². The van der Waals surface area contributed by atoms with Gasteiger partial charge in [0.15, 0.2) is 0 Å². The minimum atomic E-state index is -1.39. The van der Waals surface area contributed by atoms with Gasteiger partial charge in [0, 0.05) is 6.42 Å². The lowest BCUT2D eigenvalue weighted by molar-refractivity contribution is 0.187. The van der Waals surface area contributed by atoms with Crippen LogP contribution in [-0.4, -0.2) is 22.9 Å². The molecule has 3 nitrogen and oxygen atoms in total. The van der Waals surface area contributed by atoms with E-state index in [0.717, 1.165) is 11.1 Å². The summed E-state index contributed by atoms with van der Waals surface area (Å²) in [5, 5.41) is 11.3. The zero-order valence-electron chi connectivity index (χ0n) is 11.3. The van der Waals surface area contributed by atoms with Gasteiger partial charge >= 0.3 is 6.09 Å². The van der Waals surface area contributed by atoms with E-state index in [0.29, 0.717) is 6.42 Å². The van der Waals surface area contributed by atoms with Gasteiger partial charge < -0.3 is 10.4 Å². The molecule has 1 aliphatic rings. The molecule has 0 aromatic heterocycles. The van der Waals surface area contributed by atoms with Gasteiger partial charge in [0.05, 0.1) is 6.04 Å². The molecule has 1 amide bonds. The second-order valence-electron chi connectivity index (χ2n) is 4.98. The number of amides is 1. The number of allylic oxidation sites excluding steroid dienone is 1. The van der Waals surface area contributed by atoms with Crippen molar-refractivity contribution in [3.05, 3.63) is 53.6 Å². The number of hydrogen-bond acceptors (Lipinski definition) is 1. The van der Waals surface area contributed by atoms with E-state index < -0.39 is 17.8 Å². The maximum atomic E-state index is 14.5. The summed E-state index contributed by atoms with van der Waals surface area (Å²) in [6, 6.07) is 9.05. The van der Waals surface area contributed by atoms with Crippen LogP contribution in [0.5, 0.6) is 0 Å². The van der Waals surface area contributed by atoms with Crippen LogP contribution in [0.2, 0.25) is 0 Å². The van der Waals surface area contributed by atoms with Gasteiger partial charge in [0.25, 0.3) is 0 Å². The van der Waals surface area contributed by atoms with E-state index in [1.807, 2.05) is 36.4 Å². The predicted octanol–water partition coefficient (Wildman–Crippen LogP) is 3.78. The Balaban J connectivity index is 2.32. The SMILES string of the molecule is CCC1(F)C=CC(NC(=O)O)C(=Cc2ccccc2)C1. The van der Waals surface area contributed by atoms with Gasteiger partial charge in [0.2, 0.25) is 0 Å².